The summed E-state index contributed by atoms with van der Waals surface area (Å²) in [6.45, 7) is 4.98. The predicted octanol–water partition coefficient (Wildman–Crippen LogP) is 4.47. The first-order chi connectivity index (χ1) is 14.1. The highest BCUT2D eigenvalue weighted by Gasteiger charge is 2.28. The number of likely N-dealkylation sites (tertiary alicyclic amines) is 1. The molecule has 29 heavy (non-hydrogen) atoms. The van der Waals surface area contributed by atoms with E-state index >= 15 is 0 Å². The largest absolute Gasteiger partial charge is 0.493 e. The van der Waals surface area contributed by atoms with Crippen LogP contribution < -0.4 is 4.74 Å². The van der Waals surface area contributed by atoms with E-state index in [1.165, 1.54) is 11.1 Å². The quantitative estimate of drug-likeness (QED) is 0.733. The molecule has 1 fully saturated rings. The fourth-order valence-electron chi connectivity index (χ4n) is 4.48. The van der Waals surface area contributed by atoms with Gasteiger partial charge in [0.1, 0.15) is 11.5 Å². The maximum absolute atomic E-state index is 12.7. The maximum Gasteiger partial charge on any atom is 0.136 e. The molecule has 1 saturated heterocycles. The van der Waals surface area contributed by atoms with Gasteiger partial charge in [0.15, 0.2) is 0 Å². The molecule has 0 radical (unpaired) electrons. The summed E-state index contributed by atoms with van der Waals surface area (Å²) in [4.78, 5) is 15.2. The van der Waals surface area contributed by atoms with E-state index in [2.05, 4.69) is 36.1 Å². The summed E-state index contributed by atoms with van der Waals surface area (Å²) >= 11 is 0. The molecule has 0 aromatic heterocycles. The minimum absolute atomic E-state index is 0.181. The highest BCUT2D eigenvalue weighted by molar-refractivity contribution is 5.81. The minimum Gasteiger partial charge on any atom is -0.493 e. The number of nitriles is 1. The van der Waals surface area contributed by atoms with E-state index in [1.807, 2.05) is 24.3 Å². The third-order valence-electron chi connectivity index (χ3n) is 6.48. The monoisotopic (exact) mass is 388 g/mol. The molecule has 4 heteroatoms. The Hall–Kier alpha value is -2.64. The van der Waals surface area contributed by atoms with Crippen LogP contribution in [0.1, 0.15) is 54.5 Å². The van der Waals surface area contributed by atoms with E-state index in [0.717, 1.165) is 56.7 Å². The Morgan fingerprint density at radius 3 is 2.69 bits per heavy atom. The van der Waals surface area contributed by atoms with Crippen LogP contribution in [0.2, 0.25) is 0 Å². The van der Waals surface area contributed by atoms with E-state index in [4.69, 9.17) is 10.00 Å². The van der Waals surface area contributed by atoms with Gasteiger partial charge >= 0.3 is 0 Å². The number of ketones is 1. The van der Waals surface area contributed by atoms with Crippen LogP contribution in [0, 0.1) is 17.2 Å². The van der Waals surface area contributed by atoms with Crippen molar-refractivity contribution >= 4 is 5.78 Å². The van der Waals surface area contributed by atoms with E-state index in [9.17, 15) is 4.79 Å². The molecule has 4 nitrogen and oxygen atoms in total. The normalized spacial score (nSPS) is 17.9. The summed E-state index contributed by atoms with van der Waals surface area (Å²) in [6, 6.07) is 16.7. The van der Waals surface area contributed by atoms with Crippen molar-refractivity contribution in [2.24, 2.45) is 5.92 Å². The summed E-state index contributed by atoms with van der Waals surface area (Å²) in [5, 5.41) is 8.88. The average Bonchev–Trinajstić information content (AvgIpc) is 3.25. The van der Waals surface area contributed by atoms with Crippen LogP contribution in [0.3, 0.4) is 0 Å². The molecule has 0 aliphatic carbocycles. The number of piperidine rings is 1. The second-order valence-electron chi connectivity index (χ2n) is 8.23. The first-order valence-corrected chi connectivity index (χ1v) is 10.7. The Morgan fingerprint density at radius 2 is 1.97 bits per heavy atom. The molecule has 2 aliphatic heterocycles. The van der Waals surface area contributed by atoms with Gasteiger partial charge < -0.3 is 4.74 Å². The molecule has 0 amide bonds. The zero-order valence-electron chi connectivity index (χ0n) is 17.1. The Bertz CT molecular complexity index is 905. The number of Topliss-reactive ketones (excluding diaryl/α,β-unsaturated/α-hetero) is 1. The molecule has 2 aromatic rings. The van der Waals surface area contributed by atoms with Gasteiger partial charge in [-0.1, -0.05) is 24.3 Å². The molecule has 2 aliphatic rings. The van der Waals surface area contributed by atoms with Crippen LogP contribution in [-0.4, -0.2) is 30.4 Å². The standard InChI is InChI=1S/C25H28N2O2/c1-18(23-8-7-22-12-15-29-25(22)16-23)27-13-10-21(11-14-27)24(28)9-6-19-2-4-20(17-26)5-3-19/h2-5,7-8,16,18,21H,6,9-15H2,1H3. The van der Waals surface area contributed by atoms with Crippen molar-refractivity contribution in [2.75, 3.05) is 19.7 Å². The van der Waals surface area contributed by atoms with Gasteiger partial charge in [-0.15, -0.1) is 0 Å². The number of fused-ring (bicyclic) bond motifs is 1. The number of nitrogens with zero attached hydrogens (tertiary/aromatic N) is 2. The third-order valence-corrected chi connectivity index (χ3v) is 6.48. The van der Waals surface area contributed by atoms with Crippen LogP contribution >= 0.6 is 0 Å². The maximum atomic E-state index is 12.7. The molecule has 1 unspecified atom stereocenters. The fraction of sp³-hybridized carbons (Fsp3) is 0.440. The molecule has 0 N–H and O–H groups in total. The second-order valence-corrected chi connectivity index (χ2v) is 8.23. The lowest BCUT2D eigenvalue weighted by atomic mass is 9.88. The van der Waals surface area contributed by atoms with E-state index in [-0.39, 0.29) is 5.92 Å². The summed E-state index contributed by atoms with van der Waals surface area (Å²) in [6.07, 6.45) is 4.25. The smallest absolute Gasteiger partial charge is 0.136 e. The highest BCUT2D eigenvalue weighted by Crippen LogP contribution is 2.32. The topological polar surface area (TPSA) is 53.3 Å². The van der Waals surface area contributed by atoms with Crippen molar-refractivity contribution in [3.63, 3.8) is 0 Å². The van der Waals surface area contributed by atoms with Crippen LogP contribution in [0.4, 0.5) is 0 Å². The molecular weight excluding hydrogens is 360 g/mol. The molecule has 4 rings (SSSR count). The van der Waals surface area contributed by atoms with Crippen molar-refractivity contribution < 1.29 is 9.53 Å². The lowest BCUT2D eigenvalue weighted by Crippen LogP contribution is -2.38. The third kappa shape index (κ3) is 4.52. The molecule has 0 bridgehead atoms. The van der Waals surface area contributed by atoms with Gasteiger partial charge in [0.05, 0.1) is 18.2 Å². The Labute approximate surface area is 173 Å². The number of hydrogen-bond acceptors (Lipinski definition) is 4. The number of carbonyl (C=O) groups is 1. The lowest BCUT2D eigenvalue weighted by molar-refractivity contribution is -0.124. The number of carbonyl (C=O) groups excluding carboxylic acids is 1. The predicted molar refractivity (Wildman–Crippen MR) is 113 cm³/mol. The van der Waals surface area contributed by atoms with Crippen molar-refractivity contribution in [1.29, 1.82) is 5.26 Å². The van der Waals surface area contributed by atoms with E-state index in [0.29, 0.717) is 23.8 Å². The first kappa shape index (κ1) is 19.7. The fourth-order valence-corrected chi connectivity index (χ4v) is 4.48. The number of rotatable bonds is 6. The van der Waals surface area contributed by atoms with Crippen molar-refractivity contribution in [1.82, 2.24) is 4.90 Å². The summed E-state index contributed by atoms with van der Waals surface area (Å²) in [5.74, 6) is 1.61. The zero-order chi connectivity index (χ0) is 20.2. The molecule has 0 saturated carbocycles. The minimum atomic E-state index is 0.181. The SMILES string of the molecule is CC(c1ccc2c(c1)OCC2)N1CCC(C(=O)CCc2ccc(C#N)cc2)CC1. The highest BCUT2D eigenvalue weighted by atomic mass is 16.5. The van der Waals surface area contributed by atoms with Crippen LogP contribution in [0.15, 0.2) is 42.5 Å². The van der Waals surface area contributed by atoms with E-state index in [1.54, 1.807) is 0 Å². The van der Waals surface area contributed by atoms with Gasteiger partial charge in [-0.2, -0.15) is 5.26 Å². The summed E-state index contributed by atoms with van der Waals surface area (Å²) in [5.41, 5.74) is 4.41. The molecule has 150 valence electrons. The first-order valence-electron chi connectivity index (χ1n) is 10.7. The molecule has 1 atom stereocenters. The Balaban J connectivity index is 1.27. The van der Waals surface area contributed by atoms with Crippen molar-refractivity contribution in [3.8, 4) is 11.8 Å². The van der Waals surface area contributed by atoms with Gasteiger partial charge in [-0.3, -0.25) is 9.69 Å². The molecule has 0 spiro atoms. The zero-order valence-corrected chi connectivity index (χ0v) is 17.1. The average molecular weight is 389 g/mol. The number of ether oxygens (including phenoxy) is 1. The number of hydrogen-bond donors (Lipinski definition) is 0. The number of benzene rings is 2. The Kier molecular flexibility index (Phi) is 5.97. The summed E-state index contributed by atoms with van der Waals surface area (Å²) < 4.78 is 5.72. The second kappa shape index (κ2) is 8.80. The van der Waals surface area contributed by atoms with Crippen LogP contribution in [-0.2, 0) is 17.6 Å². The van der Waals surface area contributed by atoms with Crippen LogP contribution in [0.25, 0.3) is 0 Å². The van der Waals surface area contributed by atoms with Crippen molar-refractivity contribution in [3.05, 3.63) is 64.7 Å². The van der Waals surface area contributed by atoms with E-state index < -0.39 is 0 Å². The molecule has 2 aromatic carbocycles. The van der Waals surface area contributed by atoms with Gasteiger partial charge in [-0.05, 0) is 74.2 Å². The molecular formula is C25H28N2O2. The van der Waals surface area contributed by atoms with Gasteiger partial charge in [0.2, 0.25) is 0 Å². The van der Waals surface area contributed by atoms with Gasteiger partial charge in [0, 0.05) is 24.8 Å². The number of aryl methyl sites for hydroxylation is 1. The van der Waals surface area contributed by atoms with Crippen LogP contribution in [0.5, 0.6) is 5.75 Å². The van der Waals surface area contributed by atoms with Gasteiger partial charge in [-0.25, -0.2) is 0 Å². The van der Waals surface area contributed by atoms with Crippen molar-refractivity contribution in [2.45, 2.75) is 45.1 Å². The van der Waals surface area contributed by atoms with Gasteiger partial charge in [0.25, 0.3) is 0 Å². The lowest BCUT2D eigenvalue weighted by Gasteiger charge is -2.36. The molecule has 2 heterocycles. The summed E-state index contributed by atoms with van der Waals surface area (Å²) in [7, 11) is 0. The Morgan fingerprint density at radius 1 is 1.21 bits per heavy atom.